The third-order valence-electron chi connectivity index (χ3n) is 2.91. The third-order valence-corrected chi connectivity index (χ3v) is 2.91. The highest BCUT2D eigenvalue weighted by atomic mass is 16.5. The van der Waals surface area contributed by atoms with E-state index in [1.807, 2.05) is 13.8 Å². The molecule has 2 heterocycles. The highest BCUT2D eigenvalue weighted by Gasteiger charge is 2.30. The van der Waals surface area contributed by atoms with Crippen LogP contribution < -0.4 is 0 Å². The van der Waals surface area contributed by atoms with Gasteiger partial charge in [0.1, 0.15) is 11.9 Å². The van der Waals surface area contributed by atoms with Crippen LogP contribution in [0.5, 0.6) is 0 Å². The van der Waals surface area contributed by atoms with Gasteiger partial charge in [-0.05, 0) is 26.7 Å². The molecule has 0 aromatic carbocycles. The third kappa shape index (κ3) is 2.82. The Labute approximate surface area is 100 Å². The Bertz CT molecular complexity index is 404. The van der Waals surface area contributed by atoms with Gasteiger partial charge in [0, 0.05) is 7.05 Å². The summed E-state index contributed by atoms with van der Waals surface area (Å²) in [7, 11) is 1.75. The number of nitrogens with zero attached hydrogens (tertiary/aromatic N) is 3. The molecule has 1 amide bonds. The molecule has 0 aliphatic carbocycles. The van der Waals surface area contributed by atoms with E-state index < -0.39 is 0 Å². The predicted molar refractivity (Wildman–Crippen MR) is 61.2 cm³/mol. The lowest BCUT2D eigenvalue weighted by atomic mass is 10.2. The van der Waals surface area contributed by atoms with Gasteiger partial charge < -0.3 is 9.64 Å². The van der Waals surface area contributed by atoms with Crippen LogP contribution in [0.3, 0.4) is 0 Å². The van der Waals surface area contributed by atoms with Gasteiger partial charge in [-0.2, -0.15) is 5.10 Å². The van der Waals surface area contributed by atoms with Crippen molar-refractivity contribution in [3.8, 4) is 0 Å². The molecule has 6 nitrogen and oxygen atoms in total. The van der Waals surface area contributed by atoms with E-state index in [4.69, 9.17) is 4.74 Å². The fraction of sp³-hybridized carbons (Fsp3) is 0.727. The second kappa shape index (κ2) is 4.83. The Kier molecular flexibility index (Phi) is 3.42. The van der Waals surface area contributed by atoms with Gasteiger partial charge in [0.25, 0.3) is 5.91 Å². The quantitative estimate of drug-likeness (QED) is 0.838. The highest BCUT2D eigenvalue weighted by Crippen LogP contribution is 2.20. The van der Waals surface area contributed by atoms with Crippen LogP contribution in [0.2, 0.25) is 0 Å². The Balaban J connectivity index is 1.91. The minimum Gasteiger partial charge on any atom is -0.365 e. The van der Waals surface area contributed by atoms with Gasteiger partial charge >= 0.3 is 0 Å². The number of H-pyrrole nitrogens is 1. The number of rotatable bonds is 3. The van der Waals surface area contributed by atoms with Crippen LogP contribution in [0.1, 0.15) is 31.4 Å². The molecule has 2 unspecified atom stereocenters. The Morgan fingerprint density at radius 2 is 2.35 bits per heavy atom. The van der Waals surface area contributed by atoms with Gasteiger partial charge in [0.05, 0.1) is 12.6 Å². The van der Waals surface area contributed by atoms with Crippen molar-refractivity contribution in [1.82, 2.24) is 20.1 Å². The summed E-state index contributed by atoms with van der Waals surface area (Å²) >= 11 is 0. The minimum atomic E-state index is -0.296. The highest BCUT2D eigenvalue weighted by molar-refractivity contribution is 5.80. The van der Waals surface area contributed by atoms with Crippen molar-refractivity contribution in [1.29, 1.82) is 0 Å². The van der Waals surface area contributed by atoms with E-state index in [2.05, 4.69) is 15.2 Å². The van der Waals surface area contributed by atoms with Crippen molar-refractivity contribution in [2.45, 2.75) is 45.4 Å². The van der Waals surface area contributed by atoms with Crippen molar-refractivity contribution in [3.05, 3.63) is 11.6 Å². The maximum atomic E-state index is 12.0. The number of carbonyl (C=O) groups excluding carboxylic acids is 1. The summed E-state index contributed by atoms with van der Waals surface area (Å²) in [6.07, 6.45) is 1.64. The lowest BCUT2D eigenvalue weighted by Gasteiger charge is -2.19. The van der Waals surface area contributed by atoms with Crippen LogP contribution in [0, 0.1) is 6.92 Å². The smallest absolute Gasteiger partial charge is 0.251 e. The Morgan fingerprint density at radius 1 is 1.59 bits per heavy atom. The molecule has 2 rings (SSSR count). The number of ether oxygens (including phenoxy) is 1. The van der Waals surface area contributed by atoms with E-state index in [1.54, 1.807) is 11.9 Å². The average Bonchev–Trinajstić information content (AvgIpc) is 2.87. The fourth-order valence-corrected chi connectivity index (χ4v) is 1.98. The molecule has 0 spiro atoms. The van der Waals surface area contributed by atoms with Crippen LogP contribution in [-0.2, 0) is 16.1 Å². The van der Waals surface area contributed by atoms with Gasteiger partial charge in [0.2, 0.25) is 0 Å². The second-order valence-electron chi connectivity index (χ2n) is 4.54. The van der Waals surface area contributed by atoms with Crippen LogP contribution in [0.4, 0.5) is 0 Å². The van der Waals surface area contributed by atoms with Crippen LogP contribution in [0.15, 0.2) is 0 Å². The van der Waals surface area contributed by atoms with E-state index in [-0.39, 0.29) is 18.1 Å². The number of carbonyl (C=O) groups is 1. The lowest BCUT2D eigenvalue weighted by Crippen LogP contribution is -2.36. The number of likely N-dealkylation sites (N-methyl/N-ethyl adjacent to an activating group) is 1. The molecular weight excluding hydrogens is 220 g/mol. The molecule has 1 N–H and O–H groups in total. The molecular formula is C11H18N4O2. The number of amides is 1. The van der Waals surface area contributed by atoms with E-state index in [9.17, 15) is 4.79 Å². The standard InChI is InChI=1S/C11H18N4O2/c1-7-4-5-9(17-7)11(16)15(3)6-10-12-8(2)13-14-10/h7,9H,4-6H2,1-3H3,(H,12,13,14). The summed E-state index contributed by atoms with van der Waals surface area (Å²) in [6, 6.07) is 0. The normalized spacial score (nSPS) is 23.9. The van der Waals surface area contributed by atoms with E-state index in [1.165, 1.54) is 0 Å². The number of aromatic amines is 1. The summed E-state index contributed by atoms with van der Waals surface area (Å²) in [5, 5.41) is 6.77. The maximum Gasteiger partial charge on any atom is 0.251 e. The summed E-state index contributed by atoms with van der Waals surface area (Å²) in [6.45, 7) is 4.24. The molecule has 94 valence electrons. The van der Waals surface area contributed by atoms with Gasteiger partial charge in [-0.1, -0.05) is 0 Å². The predicted octanol–water partition coefficient (Wildman–Crippen LogP) is 0.639. The Hall–Kier alpha value is -1.43. The summed E-state index contributed by atoms with van der Waals surface area (Å²) < 4.78 is 5.55. The first-order valence-corrected chi connectivity index (χ1v) is 5.84. The molecule has 2 atom stereocenters. The van der Waals surface area contributed by atoms with E-state index in [0.717, 1.165) is 18.7 Å². The number of hydrogen-bond donors (Lipinski definition) is 1. The van der Waals surface area contributed by atoms with Crippen LogP contribution in [-0.4, -0.2) is 45.2 Å². The van der Waals surface area contributed by atoms with Gasteiger partial charge in [-0.15, -0.1) is 0 Å². The first-order chi connectivity index (χ1) is 8.06. The largest absolute Gasteiger partial charge is 0.365 e. The SMILES string of the molecule is Cc1nc(CN(C)C(=O)C2CCC(C)O2)n[nH]1. The molecule has 0 saturated carbocycles. The molecule has 1 aromatic heterocycles. The zero-order valence-electron chi connectivity index (χ0n) is 10.4. The summed E-state index contributed by atoms with van der Waals surface area (Å²) in [4.78, 5) is 17.8. The molecule has 1 aliphatic heterocycles. The molecule has 1 aromatic rings. The number of aryl methyl sites for hydroxylation is 1. The van der Waals surface area contributed by atoms with Crippen LogP contribution >= 0.6 is 0 Å². The van der Waals surface area contributed by atoms with Crippen molar-refractivity contribution < 1.29 is 9.53 Å². The summed E-state index contributed by atoms with van der Waals surface area (Å²) in [5.41, 5.74) is 0. The fourth-order valence-electron chi connectivity index (χ4n) is 1.98. The van der Waals surface area contributed by atoms with Gasteiger partial charge in [0.15, 0.2) is 5.82 Å². The number of hydrogen-bond acceptors (Lipinski definition) is 4. The molecule has 0 radical (unpaired) electrons. The van der Waals surface area contributed by atoms with E-state index in [0.29, 0.717) is 12.4 Å². The first-order valence-electron chi connectivity index (χ1n) is 5.84. The molecule has 1 fully saturated rings. The topological polar surface area (TPSA) is 71.1 Å². The lowest BCUT2D eigenvalue weighted by molar-refractivity contribution is -0.141. The maximum absolute atomic E-state index is 12.0. The van der Waals surface area contributed by atoms with Crippen molar-refractivity contribution in [2.75, 3.05) is 7.05 Å². The van der Waals surface area contributed by atoms with Crippen molar-refractivity contribution in [2.24, 2.45) is 0 Å². The zero-order valence-corrected chi connectivity index (χ0v) is 10.4. The van der Waals surface area contributed by atoms with Crippen molar-refractivity contribution in [3.63, 3.8) is 0 Å². The average molecular weight is 238 g/mol. The van der Waals surface area contributed by atoms with Gasteiger partial charge in [-0.3, -0.25) is 9.89 Å². The summed E-state index contributed by atoms with van der Waals surface area (Å²) in [5.74, 6) is 1.40. The monoisotopic (exact) mass is 238 g/mol. The van der Waals surface area contributed by atoms with Crippen LogP contribution in [0.25, 0.3) is 0 Å². The zero-order chi connectivity index (χ0) is 12.4. The molecule has 6 heteroatoms. The van der Waals surface area contributed by atoms with Crippen molar-refractivity contribution >= 4 is 5.91 Å². The molecule has 1 aliphatic rings. The first kappa shape index (κ1) is 12.0. The molecule has 17 heavy (non-hydrogen) atoms. The second-order valence-corrected chi connectivity index (χ2v) is 4.54. The molecule has 1 saturated heterocycles. The number of aromatic nitrogens is 3. The Morgan fingerprint density at radius 3 is 2.88 bits per heavy atom. The molecule has 0 bridgehead atoms. The van der Waals surface area contributed by atoms with Gasteiger partial charge in [-0.25, -0.2) is 4.98 Å². The number of nitrogens with one attached hydrogen (secondary N) is 1. The van der Waals surface area contributed by atoms with E-state index >= 15 is 0 Å². The minimum absolute atomic E-state index is 0.0109.